The van der Waals surface area contributed by atoms with E-state index in [-0.39, 0.29) is 22.9 Å². The van der Waals surface area contributed by atoms with Gasteiger partial charge in [-0.15, -0.1) is 0 Å². The van der Waals surface area contributed by atoms with E-state index in [4.69, 9.17) is 0 Å². The molecule has 3 aromatic rings. The topological polar surface area (TPSA) is 78.5 Å². The molecule has 0 aromatic heterocycles. The van der Waals surface area contributed by atoms with Crippen molar-refractivity contribution in [3.8, 4) is 0 Å². The number of nitrogens with zero attached hydrogens (tertiary/aromatic N) is 1. The fraction of sp³-hybridized carbons (Fsp3) is 0.115. The van der Waals surface area contributed by atoms with Crippen molar-refractivity contribution in [2.75, 3.05) is 15.5 Å². The molecule has 0 aliphatic carbocycles. The van der Waals surface area contributed by atoms with Crippen LogP contribution in [0.15, 0.2) is 72.4 Å². The summed E-state index contributed by atoms with van der Waals surface area (Å²) in [5.41, 5.74) is 3.71. The molecule has 3 amide bonds. The second kappa shape index (κ2) is 8.70. The number of carbonyl (C=O) groups excluding carboxylic acids is 3. The fourth-order valence-corrected chi connectivity index (χ4v) is 3.78. The van der Waals surface area contributed by atoms with Gasteiger partial charge in [0.05, 0.1) is 11.3 Å². The Hall–Kier alpha value is -4.26. The molecule has 1 aliphatic heterocycles. The first-order valence-electron chi connectivity index (χ1n) is 10.4. The molecule has 0 saturated heterocycles. The second-order valence-electron chi connectivity index (χ2n) is 7.85. The molecular weight excluding hydrogens is 421 g/mol. The molecule has 6 nitrogen and oxygen atoms in total. The molecule has 0 unspecified atom stereocenters. The van der Waals surface area contributed by atoms with Crippen molar-refractivity contribution in [1.29, 1.82) is 0 Å². The highest BCUT2D eigenvalue weighted by molar-refractivity contribution is 6.46. The SMILES string of the molecule is CC(=O)Nc1ccc(C2=C(Nc3ccc(C)cc3C)C(=O)N(c3ccccc3F)C2=O)cc1. The van der Waals surface area contributed by atoms with E-state index in [0.29, 0.717) is 16.9 Å². The zero-order valence-corrected chi connectivity index (χ0v) is 18.4. The molecule has 0 radical (unpaired) electrons. The minimum Gasteiger partial charge on any atom is -0.350 e. The van der Waals surface area contributed by atoms with Crippen molar-refractivity contribution in [2.45, 2.75) is 20.8 Å². The Balaban J connectivity index is 1.82. The summed E-state index contributed by atoms with van der Waals surface area (Å²) in [7, 11) is 0. The van der Waals surface area contributed by atoms with Crippen LogP contribution >= 0.6 is 0 Å². The zero-order chi connectivity index (χ0) is 23.7. The number of hydrogen-bond acceptors (Lipinski definition) is 4. The van der Waals surface area contributed by atoms with Gasteiger partial charge in [0.1, 0.15) is 11.5 Å². The molecule has 33 heavy (non-hydrogen) atoms. The largest absolute Gasteiger partial charge is 0.350 e. The lowest BCUT2D eigenvalue weighted by Gasteiger charge is -2.16. The Morgan fingerprint density at radius 1 is 0.909 bits per heavy atom. The van der Waals surface area contributed by atoms with Crippen LogP contribution < -0.4 is 15.5 Å². The van der Waals surface area contributed by atoms with Gasteiger partial charge in [-0.2, -0.15) is 0 Å². The highest BCUT2D eigenvalue weighted by atomic mass is 19.1. The van der Waals surface area contributed by atoms with Crippen LogP contribution in [0.4, 0.5) is 21.5 Å². The molecule has 0 spiro atoms. The number of para-hydroxylation sites is 1. The van der Waals surface area contributed by atoms with Gasteiger partial charge < -0.3 is 10.6 Å². The van der Waals surface area contributed by atoms with E-state index in [1.165, 1.54) is 25.1 Å². The lowest BCUT2D eigenvalue weighted by atomic mass is 10.0. The molecule has 0 fully saturated rings. The third kappa shape index (κ3) is 4.25. The van der Waals surface area contributed by atoms with Gasteiger partial charge in [-0.05, 0) is 55.3 Å². The molecule has 2 N–H and O–H groups in total. The molecule has 4 rings (SSSR count). The van der Waals surface area contributed by atoms with Crippen LogP contribution in [0.25, 0.3) is 5.57 Å². The van der Waals surface area contributed by atoms with Crippen molar-refractivity contribution in [1.82, 2.24) is 0 Å². The number of halogens is 1. The van der Waals surface area contributed by atoms with Gasteiger partial charge in [0, 0.05) is 18.3 Å². The van der Waals surface area contributed by atoms with Gasteiger partial charge in [-0.1, -0.05) is 42.0 Å². The number of imide groups is 1. The van der Waals surface area contributed by atoms with Gasteiger partial charge in [0.15, 0.2) is 0 Å². The summed E-state index contributed by atoms with van der Waals surface area (Å²) in [5.74, 6) is -2.18. The summed E-state index contributed by atoms with van der Waals surface area (Å²) in [5, 5.41) is 5.77. The summed E-state index contributed by atoms with van der Waals surface area (Å²) >= 11 is 0. The van der Waals surface area contributed by atoms with Crippen molar-refractivity contribution in [3.63, 3.8) is 0 Å². The van der Waals surface area contributed by atoms with E-state index >= 15 is 0 Å². The van der Waals surface area contributed by atoms with Crippen LogP contribution in [-0.2, 0) is 14.4 Å². The first-order chi connectivity index (χ1) is 15.8. The van der Waals surface area contributed by atoms with Crippen molar-refractivity contribution in [2.24, 2.45) is 0 Å². The average molecular weight is 443 g/mol. The van der Waals surface area contributed by atoms with E-state index in [0.717, 1.165) is 16.0 Å². The number of aryl methyl sites for hydroxylation is 2. The van der Waals surface area contributed by atoms with Crippen LogP contribution in [0, 0.1) is 19.7 Å². The Morgan fingerprint density at radius 2 is 1.61 bits per heavy atom. The molecular formula is C26H22FN3O3. The number of amides is 3. The molecule has 0 atom stereocenters. The zero-order valence-electron chi connectivity index (χ0n) is 18.4. The van der Waals surface area contributed by atoms with Gasteiger partial charge in [0.25, 0.3) is 11.8 Å². The standard InChI is InChI=1S/C26H22FN3O3/c1-15-8-13-21(16(2)14-15)29-24-23(18-9-11-19(12-10-18)28-17(3)31)25(32)30(26(24)33)22-7-5-4-6-20(22)27/h4-14,29H,1-3H3,(H,28,31). The minimum atomic E-state index is -0.674. The van der Waals surface area contributed by atoms with E-state index < -0.39 is 17.6 Å². The van der Waals surface area contributed by atoms with Crippen LogP contribution in [-0.4, -0.2) is 17.7 Å². The number of anilines is 3. The fourth-order valence-electron chi connectivity index (χ4n) is 3.78. The van der Waals surface area contributed by atoms with Crippen molar-refractivity contribution < 1.29 is 18.8 Å². The second-order valence-corrected chi connectivity index (χ2v) is 7.85. The number of nitrogens with one attached hydrogen (secondary N) is 2. The summed E-state index contributed by atoms with van der Waals surface area (Å²) < 4.78 is 14.5. The summed E-state index contributed by atoms with van der Waals surface area (Å²) in [4.78, 5) is 39.0. The smallest absolute Gasteiger partial charge is 0.282 e. The lowest BCUT2D eigenvalue weighted by Crippen LogP contribution is -2.33. The van der Waals surface area contributed by atoms with E-state index in [2.05, 4.69) is 10.6 Å². The maximum atomic E-state index is 14.5. The Labute approximate surface area is 190 Å². The van der Waals surface area contributed by atoms with Crippen molar-refractivity contribution in [3.05, 3.63) is 94.9 Å². The highest BCUT2D eigenvalue weighted by Crippen LogP contribution is 2.35. The number of benzene rings is 3. The maximum Gasteiger partial charge on any atom is 0.282 e. The lowest BCUT2D eigenvalue weighted by molar-refractivity contribution is -0.120. The van der Waals surface area contributed by atoms with E-state index in [9.17, 15) is 18.8 Å². The quantitative estimate of drug-likeness (QED) is 0.556. The summed E-state index contributed by atoms with van der Waals surface area (Å²) in [6.45, 7) is 5.25. The number of rotatable bonds is 5. The predicted octanol–water partition coefficient (Wildman–Crippen LogP) is 4.80. The monoisotopic (exact) mass is 443 g/mol. The molecule has 0 saturated carbocycles. The van der Waals surface area contributed by atoms with E-state index in [1.807, 2.05) is 32.0 Å². The highest BCUT2D eigenvalue weighted by Gasteiger charge is 2.41. The first-order valence-corrected chi connectivity index (χ1v) is 10.4. The molecule has 0 bridgehead atoms. The Morgan fingerprint density at radius 3 is 2.24 bits per heavy atom. The van der Waals surface area contributed by atoms with Crippen LogP contribution in [0.3, 0.4) is 0 Å². The van der Waals surface area contributed by atoms with Gasteiger partial charge in [0.2, 0.25) is 5.91 Å². The third-order valence-corrected chi connectivity index (χ3v) is 5.31. The Kier molecular flexibility index (Phi) is 5.79. The average Bonchev–Trinajstić information content (AvgIpc) is 3.00. The third-order valence-electron chi connectivity index (χ3n) is 5.31. The van der Waals surface area contributed by atoms with Crippen LogP contribution in [0.2, 0.25) is 0 Å². The minimum absolute atomic E-state index is 0.0579. The molecule has 166 valence electrons. The predicted molar refractivity (Wildman–Crippen MR) is 126 cm³/mol. The Bertz CT molecular complexity index is 1310. The summed E-state index contributed by atoms with van der Waals surface area (Å²) in [6, 6.07) is 17.9. The van der Waals surface area contributed by atoms with Gasteiger partial charge in [-0.3, -0.25) is 14.4 Å². The maximum absolute atomic E-state index is 14.5. The molecule has 3 aromatic carbocycles. The van der Waals surface area contributed by atoms with Gasteiger partial charge in [-0.25, -0.2) is 9.29 Å². The normalized spacial score (nSPS) is 13.5. The number of carbonyl (C=O) groups is 3. The van der Waals surface area contributed by atoms with Crippen LogP contribution in [0.5, 0.6) is 0 Å². The van der Waals surface area contributed by atoms with Crippen LogP contribution in [0.1, 0.15) is 23.6 Å². The summed E-state index contributed by atoms with van der Waals surface area (Å²) in [6.07, 6.45) is 0. The van der Waals surface area contributed by atoms with Crippen molar-refractivity contribution >= 4 is 40.4 Å². The molecule has 7 heteroatoms. The molecule has 1 aliphatic rings. The van der Waals surface area contributed by atoms with Gasteiger partial charge >= 0.3 is 0 Å². The first kappa shape index (κ1) is 22.0. The number of hydrogen-bond donors (Lipinski definition) is 2. The molecule has 1 heterocycles. The van der Waals surface area contributed by atoms with E-state index in [1.54, 1.807) is 30.3 Å².